The van der Waals surface area contributed by atoms with Crippen LogP contribution in [-0.4, -0.2) is 26.6 Å². The number of aromatic nitrogens is 3. The number of ketones is 2. The summed E-state index contributed by atoms with van der Waals surface area (Å²) < 4.78 is 1.71. The van der Waals surface area contributed by atoms with Gasteiger partial charge in [-0.25, -0.2) is 4.68 Å². The van der Waals surface area contributed by atoms with E-state index in [2.05, 4.69) is 16.4 Å². The summed E-state index contributed by atoms with van der Waals surface area (Å²) in [5.41, 5.74) is 1.91. The molecule has 1 aromatic heterocycles. The van der Waals surface area contributed by atoms with Gasteiger partial charge < -0.3 is 0 Å². The van der Waals surface area contributed by atoms with E-state index in [1.165, 1.54) is 19.3 Å². The van der Waals surface area contributed by atoms with Crippen LogP contribution in [0.5, 0.6) is 0 Å². The highest BCUT2D eigenvalue weighted by Gasteiger charge is 2.47. The van der Waals surface area contributed by atoms with Crippen molar-refractivity contribution in [2.75, 3.05) is 0 Å². The second kappa shape index (κ2) is 8.51. The minimum absolute atomic E-state index is 0.0259. The zero-order valence-electron chi connectivity index (χ0n) is 17.5. The maximum Gasteiger partial charge on any atom is 0.163 e. The second-order valence-corrected chi connectivity index (χ2v) is 8.94. The van der Waals surface area contributed by atoms with Gasteiger partial charge in [0.15, 0.2) is 11.3 Å². The molecule has 0 spiro atoms. The Balaban J connectivity index is 1.54. The Labute approximate surface area is 177 Å². The molecule has 30 heavy (non-hydrogen) atoms. The Morgan fingerprint density at radius 3 is 2.50 bits per heavy atom. The molecule has 6 nitrogen and oxygen atoms in total. The first-order valence-corrected chi connectivity index (χ1v) is 11.0. The van der Waals surface area contributed by atoms with Gasteiger partial charge >= 0.3 is 0 Å². The van der Waals surface area contributed by atoms with Crippen LogP contribution in [0.15, 0.2) is 30.5 Å². The first-order valence-electron chi connectivity index (χ1n) is 11.0. The van der Waals surface area contributed by atoms with E-state index in [1.807, 2.05) is 30.5 Å². The van der Waals surface area contributed by atoms with Gasteiger partial charge in [0.25, 0.3) is 0 Å². The molecular weight excluding hydrogens is 376 g/mol. The van der Waals surface area contributed by atoms with Crippen LogP contribution in [0.3, 0.4) is 0 Å². The smallest absolute Gasteiger partial charge is 0.163 e. The van der Waals surface area contributed by atoms with Gasteiger partial charge in [0.2, 0.25) is 0 Å². The minimum Gasteiger partial charge on any atom is -0.300 e. The van der Waals surface area contributed by atoms with Crippen molar-refractivity contribution >= 4 is 11.6 Å². The average molecular weight is 405 g/mol. The van der Waals surface area contributed by atoms with Gasteiger partial charge in [0.05, 0.1) is 18.0 Å². The monoisotopic (exact) mass is 404 g/mol. The van der Waals surface area contributed by atoms with Crippen molar-refractivity contribution in [3.05, 3.63) is 47.3 Å². The van der Waals surface area contributed by atoms with Crippen molar-refractivity contribution in [2.45, 2.75) is 76.2 Å². The number of Topliss-reactive ketones (excluding diaryl/α,β-unsaturated/α-hetero) is 2. The van der Waals surface area contributed by atoms with Crippen molar-refractivity contribution in [3.63, 3.8) is 0 Å². The highest BCUT2D eigenvalue weighted by Crippen LogP contribution is 2.43. The van der Waals surface area contributed by atoms with Gasteiger partial charge in [-0.2, -0.15) is 5.26 Å². The molecule has 2 aliphatic rings. The molecule has 0 unspecified atom stereocenters. The van der Waals surface area contributed by atoms with Gasteiger partial charge in [-0.3, -0.25) is 9.59 Å². The number of nitriles is 1. The van der Waals surface area contributed by atoms with Crippen molar-refractivity contribution in [3.8, 4) is 6.07 Å². The number of carbonyl (C=O) groups is 2. The van der Waals surface area contributed by atoms with Gasteiger partial charge in [0.1, 0.15) is 5.78 Å². The lowest BCUT2D eigenvalue weighted by molar-refractivity contribution is -0.116. The molecule has 1 aromatic carbocycles. The van der Waals surface area contributed by atoms with Crippen LogP contribution in [0.4, 0.5) is 0 Å². The standard InChI is InChI=1S/C24H28N4O2/c1-17(29)13-18-7-9-20(10-8-18)23(30)14-21(19-5-3-2-4-6-19)22-15-28(27-26-22)24(16-25)11-12-24/h7-10,15,19,21H,2-6,11-14H2,1H3/t21-/m0/s1. The fraction of sp³-hybridized carbons (Fsp3) is 0.542. The summed E-state index contributed by atoms with van der Waals surface area (Å²) in [4.78, 5) is 24.4. The fourth-order valence-corrected chi connectivity index (χ4v) is 4.63. The van der Waals surface area contributed by atoms with Crippen molar-refractivity contribution in [2.24, 2.45) is 5.92 Å². The number of hydrogen-bond acceptors (Lipinski definition) is 5. The Kier molecular flexibility index (Phi) is 5.80. The lowest BCUT2D eigenvalue weighted by Crippen LogP contribution is -2.20. The van der Waals surface area contributed by atoms with Crippen molar-refractivity contribution < 1.29 is 9.59 Å². The SMILES string of the molecule is CC(=O)Cc1ccc(C(=O)C[C@H](c2cn(C3(C#N)CC3)nn2)C2CCCCC2)cc1. The van der Waals surface area contributed by atoms with E-state index < -0.39 is 5.54 Å². The molecule has 2 fully saturated rings. The van der Waals surface area contributed by atoms with E-state index in [0.29, 0.717) is 24.3 Å². The molecule has 2 saturated carbocycles. The normalized spacial score (nSPS) is 19.1. The third-order valence-electron chi connectivity index (χ3n) is 6.61. The summed E-state index contributed by atoms with van der Waals surface area (Å²) in [5, 5.41) is 18.1. The van der Waals surface area contributed by atoms with Crippen LogP contribution in [0.1, 0.15) is 85.8 Å². The molecule has 6 heteroatoms. The molecule has 0 N–H and O–H groups in total. The predicted molar refractivity (Wildman–Crippen MR) is 112 cm³/mol. The van der Waals surface area contributed by atoms with Gasteiger partial charge in [-0.1, -0.05) is 48.7 Å². The summed E-state index contributed by atoms with van der Waals surface area (Å²) >= 11 is 0. The maximum absolute atomic E-state index is 13.1. The summed E-state index contributed by atoms with van der Waals surface area (Å²) in [7, 11) is 0. The minimum atomic E-state index is -0.529. The van der Waals surface area contributed by atoms with Crippen LogP contribution in [0.25, 0.3) is 0 Å². The van der Waals surface area contributed by atoms with Crippen LogP contribution in [-0.2, 0) is 16.8 Å². The third-order valence-corrected chi connectivity index (χ3v) is 6.61. The van der Waals surface area contributed by atoms with Gasteiger partial charge in [-0.15, -0.1) is 5.10 Å². The molecule has 4 rings (SSSR count). The van der Waals surface area contributed by atoms with E-state index in [0.717, 1.165) is 36.9 Å². The van der Waals surface area contributed by atoms with Crippen molar-refractivity contribution in [1.82, 2.24) is 15.0 Å². The Hall–Kier alpha value is -2.81. The van der Waals surface area contributed by atoms with E-state index in [9.17, 15) is 14.9 Å². The van der Waals surface area contributed by atoms with E-state index in [-0.39, 0.29) is 17.5 Å². The lowest BCUT2D eigenvalue weighted by atomic mass is 9.76. The molecule has 0 saturated heterocycles. The highest BCUT2D eigenvalue weighted by molar-refractivity contribution is 5.96. The number of carbonyl (C=O) groups excluding carboxylic acids is 2. The Morgan fingerprint density at radius 2 is 1.90 bits per heavy atom. The maximum atomic E-state index is 13.1. The molecule has 2 aromatic rings. The molecule has 0 aliphatic heterocycles. The molecule has 1 atom stereocenters. The largest absolute Gasteiger partial charge is 0.300 e. The highest BCUT2D eigenvalue weighted by atomic mass is 16.1. The molecule has 0 amide bonds. The fourth-order valence-electron chi connectivity index (χ4n) is 4.63. The molecular formula is C24H28N4O2. The molecule has 156 valence electrons. The first kappa shape index (κ1) is 20.5. The van der Waals surface area contributed by atoms with Gasteiger partial charge in [0, 0.05) is 24.3 Å². The number of rotatable bonds is 8. The quantitative estimate of drug-likeness (QED) is 0.610. The van der Waals surface area contributed by atoms with E-state index >= 15 is 0 Å². The van der Waals surface area contributed by atoms with Crippen LogP contribution < -0.4 is 0 Å². The Bertz CT molecular complexity index is 960. The van der Waals surface area contributed by atoms with Crippen molar-refractivity contribution in [1.29, 1.82) is 5.26 Å². The van der Waals surface area contributed by atoms with E-state index in [4.69, 9.17) is 0 Å². The van der Waals surface area contributed by atoms with Crippen LogP contribution >= 0.6 is 0 Å². The number of hydrogen-bond donors (Lipinski definition) is 0. The molecule has 0 radical (unpaired) electrons. The van der Waals surface area contributed by atoms with Gasteiger partial charge in [-0.05, 0) is 44.1 Å². The average Bonchev–Trinajstić information content (AvgIpc) is 3.41. The lowest BCUT2D eigenvalue weighted by Gasteiger charge is -2.28. The first-order chi connectivity index (χ1) is 14.5. The van der Waals surface area contributed by atoms with E-state index in [1.54, 1.807) is 11.6 Å². The summed E-state index contributed by atoms with van der Waals surface area (Å²) in [6, 6.07) is 9.73. The summed E-state index contributed by atoms with van der Waals surface area (Å²) in [6.07, 6.45) is 10.1. The molecule has 0 bridgehead atoms. The third kappa shape index (κ3) is 4.35. The Morgan fingerprint density at radius 1 is 1.20 bits per heavy atom. The van der Waals surface area contributed by atoms with Crippen LogP contribution in [0.2, 0.25) is 0 Å². The predicted octanol–water partition coefficient (Wildman–Crippen LogP) is 4.36. The number of benzene rings is 1. The van der Waals surface area contributed by atoms with Crippen LogP contribution in [0, 0.1) is 17.2 Å². The molecule has 2 aliphatic carbocycles. The zero-order chi connectivity index (χ0) is 21.1. The summed E-state index contributed by atoms with van der Waals surface area (Å²) in [5.74, 6) is 0.649. The zero-order valence-corrected chi connectivity index (χ0v) is 17.5. The second-order valence-electron chi connectivity index (χ2n) is 8.94. The molecule has 1 heterocycles. The summed E-state index contributed by atoms with van der Waals surface area (Å²) in [6.45, 7) is 1.57. The number of nitrogens with zero attached hydrogens (tertiary/aromatic N) is 4. The topological polar surface area (TPSA) is 88.6 Å².